The van der Waals surface area contributed by atoms with E-state index in [9.17, 15) is 38.7 Å². The highest BCUT2D eigenvalue weighted by molar-refractivity contribution is 6.76. The number of ether oxygens (including phenoxy) is 2. The van der Waals surface area contributed by atoms with Crippen LogP contribution in [0.3, 0.4) is 0 Å². The van der Waals surface area contributed by atoms with Crippen molar-refractivity contribution in [2.75, 3.05) is 37.6 Å². The molecule has 2 heterocycles. The van der Waals surface area contributed by atoms with Crippen molar-refractivity contribution < 1.29 is 47.7 Å². The molecule has 1 aliphatic rings. The Labute approximate surface area is 371 Å². The Kier molecular flexibility index (Phi) is 16.6. The number of nitrogens with zero attached hydrogens (tertiary/aromatic N) is 3. The van der Waals surface area contributed by atoms with Gasteiger partial charge < -0.3 is 50.6 Å². The van der Waals surface area contributed by atoms with Crippen LogP contribution in [-0.4, -0.2) is 103 Å². The predicted octanol–water partition coefficient (Wildman–Crippen LogP) is 5.00. The number of urea groups is 1. The zero-order valence-corrected chi connectivity index (χ0v) is 37.5. The highest BCUT2D eigenvalue weighted by Crippen LogP contribution is 2.27. The van der Waals surface area contributed by atoms with E-state index < -0.39 is 67.1 Å². The maximum atomic E-state index is 15.4. The molecule has 0 aliphatic carbocycles. The molecule has 342 valence electrons. The first-order chi connectivity index (χ1) is 30.4. The lowest BCUT2D eigenvalue weighted by Gasteiger charge is -2.35. The number of carboxylic acids is 1. The molecule has 19 heteroatoms. The van der Waals surface area contributed by atoms with Crippen molar-refractivity contribution in [3.8, 4) is 0 Å². The van der Waals surface area contributed by atoms with E-state index in [-0.39, 0.29) is 75.6 Å². The van der Waals surface area contributed by atoms with Gasteiger partial charge >= 0.3 is 24.2 Å². The Morgan fingerprint density at radius 3 is 2.12 bits per heavy atom. The molecule has 0 saturated carbocycles. The Bertz CT molecular complexity index is 2380. The highest BCUT2D eigenvalue weighted by atomic mass is 28.3. The van der Waals surface area contributed by atoms with Gasteiger partial charge in [-0.1, -0.05) is 74.2 Å². The standard InChI is InChI=1S/C45H56FN7O10Si/c1-5-51-25-33(42(57)58)40(55)32-23-34(46)38(24-37(32)51)52-18-20-53(21-19-52)45(61)63-27-31-15-13-29(14-16-31)22-39(54)35(12-9-17-48-43(47)59)49-41(56)36(28-64(2,3)4)50-44(60)62-26-30-10-7-6-8-11-30/h6-8,10-11,13-16,23-25,35-36H,5,9,12,17-22,26-28H2,1-4H3,(H,49,56)(H,50,60)(H,57,58)(H3,47,48,59)/t35-,36+/m0/s1. The van der Waals surface area contributed by atoms with E-state index in [1.54, 1.807) is 40.7 Å². The van der Waals surface area contributed by atoms with Crippen molar-refractivity contribution in [2.45, 2.75) is 83.7 Å². The van der Waals surface area contributed by atoms with E-state index in [4.69, 9.17) is 15.2 Å². The van der Waals surface area contributed by atoms with Crippen LogP contribution in [0.15, 0.2) is 77.7 Å². The van der Waals surface area contributed by atoms with Crippen LogP contribution >= 0.6 is 0 Å². The first-order valence-corrected chi connectivity index (χ1v) is 24.8. The van der Waals surface area contributed by atoms with Crippen LogP contribution in [0.25, 0.3) is 10.9 Å². The number of rotatable bonds is 19. The second-order valence-corrected chi connectivity index (χ2v) is 22.3. The number of ketones is 1. The molecule has 1 aliphatic heterocycles. The molecule has 5 rings (SSSR count). The summed E-state index contributed by atoms with van der Waals surface area (Å²) in [6.07, 6.45) is 0.426. The predicted molar refractivity (Wildman–Crippen MR) is 240 cm³/mol. The number of aryl methyl sites for hydroxylation is 1. The number of nitrogens with two attached hydrogens (primary N) is 1. The Morgan fingerprint density at radius 1 is 0.859 bits per heavy atom. The number of amides is 5. The zero-order chi connectivity index (χ0) is 46.6. The van der Waals surface area contributed by atoms with E-state index in [1.165, 1.54) is 17.2 Å². The number of aromatic nitrogens is 1. The summed E-state index contributed by atoms with van der Waals surface area (Å²) >= 11 is 0. The minimum absolute atomic E-state index is 0.0193. The summed E-state index contributed by atoms with van der Waals surface area (Å²) in [5, 5.41) is 17.4. The number of primary amides is 1. The van der Waals surface area contributed by atoms with Crippen LogP contribution in [0.4, 0.5) is 24.5 Å². The van der Waals surface area contributed by atoms with Crippen molar-refractivity contribution in [3.63, 3.8) is 0 Å². The summed E-state index contributed by atoms with van der Waals surface area (Å²) in [5.41, 5.74) is 6.75. The van der Waals surface area contributed by atoms with Crippen LogP contribution in [-0.2, 0) is 45.2 Å². The smallest absolute Gasteiger partial charge is 0.410 e. The van der Waals surface area contributed by atoms with Crippen molar-refractivity contribution in [3.05, 3.63) is 111 Å². The molecule has 0 bridgehead atoms. The number of carboxylic acid groups (broad SMARTS) is 1. The Morgan fingerprint density at radius 2 is 1.50 bits per heavy atom. The number of halogens is 1. The number of alkyl carbamates (subject to hydrolysis) is 1. The first-order valence-electron chi connectivity index (χ1n) is 21.1. The van der Waals surface area contributed by atoms with Gasteiger partial charge in [-0.05, 0) is 54.6 Å². The number of Topliss-reactive ketones (excluding diaryl/α,β-unsaturated/α-hetero) is 1. The maximum Gasteiger partial charge on any atom is 0.410 e. The Hall–Kier alpha value is -6.76. The minimum Gasteiger partial charge on any atom is -0.477 e. The van der Waals surface area contributed by atoms with Gasteiger partial charge in [-0.3, -0.25) is 14.4 Å². The number of carbonyl (C=O) groups is 6. The molecule has 1 aromatic heterocycles. The SMILES string of the molecule is CCn1cc(C(=O)O)c(=O)c2cc(F)c(N3CCN(C(=O)OCc4ccc(CC(=O)[C@H](CCCNC(N)=O)NC(=O)[C@@H](C[Si](C)(C)C)NC(=O)OCc5ccccc5)cc4)CC3)cc21. The number of hydrogen-bond acceptors (Lipinski definition) is 10. The van der Waals surface area contributed by atoms with Crippen LogP contribution in [0.1, 0.15) is 46.8 Å². The summed E-state index contributed by atoms with van der Waals surface area (Å²) in [7, 11) is -1.93. The second-order valence-electron chi connectivity index (χ2n) is 16.8. The number of piperazine rings is 1. The van der Waals surface area contributed by atoms with Crippen molar-refractivity contribution in [1.82, 2.24) is 25.4 Å². The van der Waals surface area contributed by atoms with Crippen molar-refractivity contribution in [2.24, 2.45) is 5.73 Å². The zero-order valence-electron chi connectivity index (χ0n) is 36.5. The van der Waals surface area contributed by atoms with Gasteiger partial charge in [0.05, 0.1) is 17.2 Å². The Balaban J connectivity index is 1.16. The normalized spacial score (nSPS) is 13.7. The number of benzene rings is 3. The number of anilines is 1. The quantitative estimate of drug-likeness (QED) is 0.0621. The fraction of sp³-hybridized carbons (Fsp3) is 0.400. The van der Waals surface area contributed by atoms with Gasteiger partial charge in [0.15, 0.2) is 5.78 Å². The molecule has 1 saturated heterocycles. The second kappa shape index (κ2) is 22.0. The van der Waals surface area contributed by atoms with Gasteiger partial charge in [0.1, 0.15) is 30.6 Å². The lowest BCUT2D eigenvalue weighted by atomic mass is 9.99. The molecule has 4 aromatic rings. The van der Waals surface area contributed by atoms with Gasteiger partial charge in [-0.15, -0.1) is 0 Å². The number of fused-ring (bicyclic) bond motifs is 1. The van der Waals surface area contributed by atoms with E-state index in [2.05, 4.69) is 35.6 Å². The maximum absolute atomic E-state index is 15.4. The molecular formula is C45H56FN7O10Si. The molecule has 0 unspecified atom stereocenters. The van der Waals surface area contributed by atoms with Gasteiger partial charge in [0.25, 0.3) is 0 Å². The molecule has 2 atom stereocenters. The summed E-state index contributed by atoms with van der Waals surface area (Å²) < 4.78 is 27.9. The number of hydrogen-bond donors (Lipinski definition) is 5. The molecule has 0 radical (unpaired) electrons. The largest absolute Gasteiger partial charge is 0.477 e. The van der Waals surface area contributed by atoms with E-state index in [0.29, 0.717) is 35.7 Å². The lowest BCUT2D eigenvalue weighted by molar-refractivity contribution is -0.128. The topological polar surface area (TPSA) is 232 Å². The van der Waals surface area contributed by atoms with Crippen LogP contribution in [0.5, 0.6) is 0 Å². The van der Waals surface area contributed by atoms with E-state index in [1.807, 2.05) is 30.3 Å². The number of nitrogens with one attached hydrogen (secondary N) is 3. The summed E-state index contributed by atoms with van der Waals surface area (Å²) in [5.74, 6) is -2.88. The van der Waals surface area contributed by atoms with Crippen LogP contribution < -0.4 is 32.0 Å². The number of pyridine rings is 1. The molecule has 64 heavy (non-hydrogen) atoms. The molecule has 17 nitrogen and oxygen atoms in total. The van der Waals surface area contributed by atoms with Crippen molar-refractivity contribution in [1.29, 1.82) is 0 Å². The van der Waals surface area contributed by atoms with Gasteiger partial charge in [-0.25, -0.2) is 23.6 Å². The minimum atomic E-state index is -1.93. The van der Waals surface area contributed by atoms with Crippen LogP contribution in [0, 0.1) is 5.82 Å². The molecule has 0 spiro atoms. The third-order valence-electron chi connectivity index (χ3n) is 10.7. The van der Waals surface area contributed by atoms with Crippen LogP contribution in [0.2, 0.25) is 25.7 Å². The molecule has 6 N–H and O–H groups in total. The van der Waals surface area contributed by atoms with E-state index >= 15 is 4.39 Å². The first kappa shape index (κ1) is 48.3. The summed E-state index contributed by atoms with van der Waals surface area (Å²) in [6.45, 7) is 9.51. The van der Waals surface area contributed by atoms with Gasteiger partial charge in [0.2, 0.25) is 11.3 Å². The van der Waals surface area contributed by atoms with Gasteiger partial charge in [0, 0.05) is 65.3 Å². The van der Waals surface area contributed by atoms with Crippen molar-refractivity contribution >= 4 is 60.5 Å². The lowest BCUT2D eigenvalue weighted by Crippen LogP contribution is -2.54. The number of aromatic carboxylic acids is 1. The highest BCUT2D eigenvalue weighted by Gasteiger charge is 2.31. The average Bonchev–Trinajstić information content (AvgIpc) is 3.26. The third kappa shape index (κ3) is 13.6. The average molecular weight is 902 g/mol. The fourth-order valence-electron chi connectivity index (χ4n) is 7.33. The van der Waals surface area contributed by atoms with E-state index in [0.717, 1.165) is 11.6 Å². The van der Waals surface area contributed by atoms with Gasteiger partial charge in [-0.2, -0.15) is 0 Å². The fourth-order valence-corrected chi connectivity index (χ4v) is 8.84. The monoisotopic (exact) mass is 901 g/mol. The molecular weight excluding hydrogens is 846 g/mol. The third-order valence-corrected chi connectivity index (χ3v) is 12.3. The summed E-state index contributed by atoms with van der Waals surface area (Å²) in [4.78, 5) is 92.2. The molecule has 5 amide bonds. The number of carbonyl (C=O) groups excluding carboxylic acids is 5. The molecule has 3 aromatic carbocycles. The molecule has 1 fully saturated rings. The summed E-state index contributed by atoms with van der Waals surface area (Å²) in [6, 6.07) is 16.4.